The van der Waals surface area contributed by atoms with Crippen molar-refractivity contribution in [2.75, 3.05) is 6.54 Å². The van der Waals surface area contributed by atoms with Gasteiger partial charge >= 0.3 is 0 Å². The molecule has 1 atom stereocenters. The Morgan fingerprint density at radius 3 is 2.68 bits per heavy atom. The molecule has 1 aliphatic heterocycles. The highest BCUT2D eigenvalue weighted by Crippen LogP contribution is 2.22. The van der Waals surface area contributed by atoms with Gasteiger partial charge in [-0.05, 0) is 18.6 Å². The number of Topliss-reactive ketones (excluding diaryl/α,β-unsaturated/α-hetero) is 1. The fourth-order valence-corrected chi connectivity index (χ4v) is 3.86. The highest BCUT2D eigenvalue weighted by molar-refractivity contribution is 6.30. The van der Waals surface area contributed by atoms with Crippen LogP contribution in [-0.2, 0) is 22.7 Å². The standard InChI is InChI=1S/C22H20ClFN4O3/c1-13(29)21-15-6-2-3-8-17(15)28(26-21)12-19(30)27-10-9-18(27)22(31)25-11-14-5-4-7-16(23)20(14)24/h2-8,18H,9-12H2,1H3,(H,25,31). The molecule has 1 fully saturated rings. The lowest BCUT2D eigenvalue weighted by Crippen LogP contribution is -2.58. The van der Waals surface area contributed by atoms with E-state index in [1.165, 1.54) is 22.6 Å². The maximum Gasteiger partial charge on any atom is 0.245 e. The summed E-state index contributed by atoms with van der Waals surface area (Å²) in [5.74, 6) is -1.38. The lowest BCUT2D eigenvalue weighted by molar-refractivity contribution is -0.148. The Hall–Kier alpha value is -3.26. The molecular formula is C22H20ClFN4O3. The topological polar surface area (TPSA) is 84.3 Å². The predicted octanol–water partition coefficient (Wildman–Crippen LogP) is 2.95. The first-order chi connectivity index (χ1) is 14.9. The molecule has 1 aliphatic rings. The molecule has 0 aliphatic carbocycles. The quantitative estimate of drug-likeness (QED) is 0.595. The second kappa shape index (κ2) is 8.47. The number of ketones is 1. The van der Waals surface area contributed by atoms with E-state index in [0.717, 1.165) is 0 Å². The van der Waals surface area contributed by atoms with Crippen LogP contribution in [0, 0.1) is 5.82 Å². The normalized spacial score (nSPS) is 15.6. The molecule has 2 heterocycles. The number of hydrogen-bond acceptors (Lipinski definition) is 4. The molecular weight excluding hydrogens is 423 g/mol. The molecule has 0 bridgehead atoms. The summed E-state index contributed by atoms with van der Waals surface area (Å²) in [6.45, 7) is 1.77. The van der Waals surface area contributed by atoms with Crippen molar-refractivity contribution in [3.63, 3.8) is 0 Å². The van der Waals surface area contributed by atoms with Gasteiger partial charge in [0.25, 0.3) is 0 Å². The van der Waals surface area contributed by atoms with Crippen molar-refractivity contribution in [2.24, 2.45) is 0 Å². The summed E-state index contributed by atoms with van der Waals surface area (Å²) >= 11 is 5.76. The SMILES string of the molecule is CC(=O)c1nn(CC(=O)N2CCC2C(=O)NCc2cccc(Cl)c2F)c2ccccc12. The molecule has 0 saturated carbocycles. The molecule has 7 nitrogen and oxygen atoms in total. The lowest BCUT2D eigenvalue weighted by Gasteiger charge is -2.39. The molecule has 9 heteroatoms. The van der Waals surface area contributed by atoms with E-state index in [0.29, 0.717) is 29.6 Å². The summed E-state index contributed by atoms with van der Waals surface area (Å²) in [5.41, 5.74) is 1.27. The summed E-state index contributed by atoms with van der Waals surface area (Å²) in [6, 6.07) is 11.2. The van der Waals surface area contributed by atoms with Gasteiger partial charge in [0.05, 0.1) is 10.5 Å². The molecule has 1 N–H and O–H groups in total. The van der Waals surface area contributed by atoms with Crippen LogP contribution in [0.4, 0.5) is 4.39 Å². The summed E-state index contributed by atoms with van der Waals surface area (Å²) in [7, 11) is 0. The van der Waals surface area contributed by atoms with Gasteiger partial charge in [-0.2, -0.15) is 5.10 Å². The number of benzene rings is 2. The van der Waals surface area contributed by atoms with Crippen molar-refractivity contribution in [3.05, 3.63) is 64.6 Å². The van der Waals surface area contributed by atoms with Gasteiger partial charge in [0.2, 0.25) is 11.8 Å². The fourth-order valence-electron chi connectivity index (χ4n) is 3.67. The number of rotatable bonds is 6. The zero-order valence-electron chi connectivity index (χ0n) is 16.8. The number of carbonyl (C=O) groups excluding carboxylic acids is 3. The van der Waals surface area contributed by atoms with Crippen LogP contribution in [-0.4, -0.2) is 44.9 Å². The van der Waals surface area contributed by atoms with Crippen LogP contribution in [0.2, 0.25) is 5.02 Å². The average Bonchev–Trinajstić information content (AvgIpc) is 3.07. The van der Waals surface area contributed by atoms with Gasteiger partial charge in [-0.3, -0.25) is 19.1 Å². The van der Waals surface area contributed by atoms with Gasteiger partial charge in [0.1, 0.15) is 24.1 Å². The third-order valence-corrected chi connectivity index (χ3v) is 5.70. The minimum Gasteiger partial charge on any atom is -0.350 e. The molecule has 2 amide bonds. The van der Waals surface area contributed by atoms with Crippen molar-refractivity contribution >= 4 is 40.1 Å². The van der Waals surface area contributed by atoms with Crippen molar-refractivity contribution in [1.82, 2.24) is 20.0 Å². The van der Waals surface area contributed by atoms with E-state index >= 15 is 0 Å². The van der Waals surface area contributed by atoms with Crippen LogP contribution < -0.4 is 5.32 Å². The number of carbonyl (C=O) groups is 3. The molecule has 2 aromatic carbocycles. The molecule has 3 aromatic rings. The number of nitrogens with zero attached hydrogens (tertiary/aromatic N) is 3. The maximum absolute atomic E-state index is 14.0. The second-order valence-electron chi connectivity index (χ2n) is 7.40. The highest BCUT2D eigenvalue weighted by Gasteiger charge is 2.37. The van der Waals surface area contributed by atoms with Crippen LogP contribution in [0.3, 0.4) is 0 Å². The summed E-state index contributed by atoms with van der Waals surface area (Å²) < 4.78 is 15.5. The number of halogens is 2. The van der Waals surface area contributed by atoms with E-state index in [1.807, 2.05) is 6.07 Å². The van der Waals surface area contributed by atoms with E-state index < -0.39 is 11.9 Å². The van der Waals surface area contributed by atoms with Crippen LogP contribution in [0.25, 0.3) is 10.9 Å². The van der Waals surface area contributed by atoms with Crippen LogP contribution in [0.15, 0.2) is 42.5 Å². The van der Waals surface area contributed by atoms with E-state index in [-0.39, 0.29) is 41.3 Å². The molecule has 4 rings (SSSR count). The number of hydrogen-bond donors (Lipinski definition) is 1. The minimum absolute atomic E-state index is 0.0106. The number of aromatic nitrogens is 2. The van der Waals surface area contributed by atoms with Gasteiger partial charge < -0.3 is 10.2 Å². The van der Waals surface area contributed by atoms with E-state index in [9.17, 15) is 18.8 Å². The third kappa shape index (κ3) is 4.03. The molecule has 31 heavy (non-hydrogen) atoms. The summed E-state index contributed by atoms with van der Waals surface area (Å²) in [5, 5.41) is 7.64. The van der Waals surface area contributed by atoms with Crippen LogP contribution >= 0.6 is 11.6 Å². The van der Waals surface area contributed by atoms with Gasteiger partial charge in [-0.1, -0.05) is 41.9 Å². The molecule has 1 aromatic heterocycles. The first kappa shape index (κ1) is 21.0. The Labute approximate surface area is 182 Å². The van der Waals surface area contributed by atoms with Crippen molar-refractivity contribution in [3.8, 4) is 0 Å². The Kier molecular flexibility index (Phi) is 5.73. The number of likely N-dealkylation sites (tertiary alicyclic amines) is 1. The first-order valence-electron chi connectivity index (χ1n) is 9.83. The summed E-state index contributed by atoms with van der Waals surface area (Å²) in [4.78, 5) is 38.7. The largest absolute Gasteiger partial charge is 0.350 e. The fraction of sp³-hybridized carbons (Fsp3) is 0.273. The molecule has 0 radical (unpaired) electrons. The molecule has 1 saturated heterocycles. The third-order valence-electron chi connectivity index (χ3n) is 5.40. The highest BCUT2D eigenvalue weighted by atomic mass is 35.5. The smallest absolute Gasteiger partial charge is 0.245 e. The van der Waals surface area contributed by atoms with Crippen molar-refractivity contribution in [1.29, 1.82) is 0 Å². The van der Waals surface area contributed by atoms with E-state index in [1.54, 1.807) is 30.3 Å². The number of para-hydroxylation sites is 1. The van der Waals surface area contributed by atoms with Gasteiger partial charge in [-0.15, -0.1) is 0 Å². The Balaban J connectivity index is 1.43. The number of nitrogens with one attached hydrogen (secondary N) is 1. The Morgan fingerprint density at radius 2 is 1.97 bits per heavy atom. The number of fused-ring (bicyclic) bond motifs is 1. The van der Waals surface area contributed by atoms with E-state index in [4.69, 9.17) is 11.6 Å². The van der Waals surface area contributed by atoms with Crippen LogP contribution in [0.1, 0.15) is 29.4 Å². The maximum atomic E-state index is 14.0. The van der Waals surface area contributed by atoms with Crippen molar-refractivity contribution < 1.29 is 18.8 Å². The van der Waals surface area contributed by atoms with Gasteiger partial charge in [0, 0.05) is 31.0 Å². The zero-order chi connectivity index (χ0) is 22.1. The van der Waals surface area contributed by atoms with Gasteiger partial charge in [0.15, 0.2) is 5.78 Å². The van der Waals surface area contributed by atoms with Crippen LogP contribution in [0.5, 0.6) is 0 Å². The molecule has 160 valence electrons. The average molecular weight is 443 g/mol. The number of amides is 2. The molecule has 1 unspecified atom stereocenters. The Morgan fingerprint density at radius 1 is 1.19 bits per heavy atom. The van der Waals surface area contributed by atoms with Gasteiger partial charge in [-0.25, -0.2) is 4.39 Å². The summed E-state index contributed by atoms with van der Waals surface area (Å²) in [6.07, 6.45) is 0.522. The zero-order valence-corrected chi connectivity index (χ0v) is 17.5. The lowest BCUT2D eigenvalue weighted by atomic mass is 10.0. The van der Waals surface area contributed by atoms with E-state index in [2.05, 4.69) is 10.4 Å². The first-order valence-corrected chi connectivity index (χ1v) is 10.2. The second-order valence-corrected chi connectivity index (χ2v) is 7.81. The van der Waals surface area contributed by atoms with Crippen molar-refractivity contribution in [2.45, 2.75) is 32.5 Å². The monoisotopic (exact) mass is 442 g/mol. The molecule has 0 spiro atoms. The predicted molar refractivity (Wildman–Crippen MR) is 113 cm³/mol. The minimum atomic E-state index is -0.621. The Bertz CT molecular complexity index is 1190.